The number of halogens is 2. The van der Waals surface area contributed by atoms with E-state index in [1.807, 2.05) is 37.3 Å². The van der Waals surface area contributed by atoms with E-state index in [1.54, 1.807) is 18.3 Å². The van der Waals surface area contributed by atoms with Crippen molar-refractivity contribution in [3.8, 4) is 0 Å². The lowest BCUT2D eigenvalue weighted by Crippen LogP contribution is -2.41. The number of carbonyl (C=O) groups is 3. The van der Waals surface area contributed by atoms with Crippen LogP contribution in [0.1, 0.15) is 24.0 Å². The van der Waals surface area contributed by atoms with Gasteiger partial charge in [-0.15, -0.1) is 0 Å². The highest BCUT2D eigenvalue weighted by Gasteiger charge is 2.21. The second-order valence-corrected chi connectivity index (χ2v) is 8.34. The Morgan fingerprint density at radius 1 is 1.00 bits per heavy atom. The van der Waals surface area contributed by atoms with Crippen molar-refractivity contribution < 1.29 is 18.8 Å². The van der Waals surface area contributed by atoms with Gasteiger partial charge < -0.3 is 15.5 Å². The summed E-state index contributed by atoms with van der Waals surface area (Å²) in [5.41, 5.74) is 2.27. The zero-order valence-corrected chi connectivity index (χ0v) is 20.0. The third-order valence-electron chi connectivity index (χ3n) is 5.15. The van der Waals surface area contributed by atoms with Gasteiger partial charge in [-0.1, -0.05) is 41.9 Å². The summed E-state index contributed by atoms with van der Waals surface area (Å²) in [5.74, 6) is -1.50. The van der Waals surface area contributed by atoms with Gasteiger partial charge in [-0.05, 0) is 54.8 Å². The number of anilines is 2. The molecule has 0 saturated heterocycles. The van der Waals surface area contributed by atoms with E-state index in [0.29, 0.717) is 18.8 Å². The Kier molecular flexibility index (Phi) is 9.31. The first-order valence-corrected chi connectivity index (χ1v) is 11.5. The maximum atomic E-state index is 13.7. The number of hydrogen-bond donors (Lipinski definition) is 2. The number of nitrogens with one attached hydrogen (secondary N) is 2. The molecule has 3 aromatic rings. The van der Waals surface area contributed by atoms with Crippen LogP contribution in [-0.2, 0) is 20.8 Å². The lowest BCUT2D eigenvalue weighted by atomic mass is 10.1. The van der Waals surface area contributed by atoms with Crippen LogP contribution in [0.3, 0.4) is 0 Å². The van der Waals surface area contributed by atoms with E-state index in [4.69, 9.17) is 11.6 Å². The van der Waals surface area contributed by atoms with Gasteiger partial charge in [0.25, 0.3) is 0 Å². The van der Waals surface area contributed by atoms with Crippen LogP contribution in [0, 0.1) is 12.7 Å². The molecule has 182 valence electrons. The van der Waals surface area contributed by atoms with Crippen molar-refractivity contribution >= 4 is 40.8 Å². The predicted octanol–water partition coefficient (Wildman–Crippen LogP) is 4.29. The van der Waals surface area contributed by atoms with Crippen molar-refractivity contribution in [3.63, 3.8) is 0 Å². The van der Waals surface area contributed by atoms with Crippen LogP contribution in [0.15, 0.2) is 66.9 Å². The van der Waals surface area contributed by atoms with E-state index < -0.39 is 11.7 Å². The molecule has 0 aliphatic carbocycles. The molecule has 0 fully saturated rings. The van der Waals surface area contributed by atoms with Gasteiger partial charge in [-0.3, -0.25) is 14.4 Å². The van der Waals surface area contributed by atoms with Crippen molar-refractivity contribution in [1.82, 2.24) is 10.3 Å². The third-order valence-corrected chi connectivity index (χ3v) is 5.43. The molecule has 3 rings (SSSR count). The molecule has 0 unspecified atom stereocenters. The first-order valence-electron chi connectivity index (χ1n) is 11.1. The Labute approximate surface area is 208 Å². The van der Waals surface area contributed by atoms with Gasteiger partial charge >= 0.3 is 0 Å². The van der Waals surface area contributed by atoms with E-state index in [1.165, 1.54) is 17.0 Å². The van der Waals surface area contributed by atoms with Gasteiger partial charge in [0.1, 0.15) is 18.2 Å². The minimum atomic E-state index is -0.639. The number of nitrogens with zero attached hydrogens (tertiary/aromatic N) is 2. The van der Waals surface area contributed by atoms with Crippen LogP contribution in [-0.4, -0.2) is 35.8 Å². The number of hydrogen-bond acceptors (Lipinski definition) is 4. The summed E-state index contributed by atoms with van der Waals surface area (Å²) in [5, 5.41) is 5.26. The van der Waals surface area contributed by atoms with Gasteiger partial charge in [0.15, 0.2) is 0 Å². The zero-order valence-electron chi connectivity index (χ0n) is 19.3. The summed E-state index contributed by atoms with van der Waals surface area (Å²) in [6.45, 7) is 1.97. The third kappa shape index (κ3) is 8.19. The van der Waals surface area contributed by atoms with Crippen LogP contribution >= 0.6 is 11.6 Å². The van der Waals surface area contributed by atoms with E-state index in [2.05, 4.69) is 15.6 Å². The summed E-state index contributed by atoms with van der Waals surface area (Å²) in [6, 6.07) is 17.0. The summed E-state index contributed by atoms with van der Waals surface area (Å²) < 4.78 is 13.7. The van der Waals surface area contributed by atoms with E-state index in [0.717, 1.165) is 17.2 Å². The monoisotopic (exact) mass is 496 g/mol. The average Bonchev–Trinajstić information content (AvgIpc) is 2.83. The maximum Gasteiger partial charge on any atom is 0.240 e. The number of benzene rings is 2. The molecule has 0 atom stereocenters. The summed E-state index contributed by atoms with van der Waals surface area (Å²) in [4.78, 5) is 43.2. The Bertz CT molecular complexity index is 1190. The number of aromatic nitrogens is 1. The molecule has 0 spiro atoms. The smallest absolute Gasteiger partial charge is 0.240 e. The fourth-order valence-electron chi connectivity index (χ4n) is 3.33. The van der Waals surface area contributed by atoms with Crippen LogP contribution < -0.4 is 15.5 Å². The topological polar surface area (TPSA) is 91.4 Å². The van der Waals surface area contributed by atoms with Gasteiger partial charge in [-0.25, -0.2) is 9.37 Å². The van der Waals surface area contributed by atoms with Gasteiger partial charge in [-0.2, -0.15) is 0 Å². The molecule has 3 amide bonds. The van der Waals surface area contributed by atoms with Gasteiger partial charge in [0, 0.05) is 31.3 Å². The Morgan fingerprint density at radius 3 is 2.49 bits per heavy atom. The lowest BCUT2D eigenvalue weighted by molar-refractivity contribution is -0.125. The second-order valence-electron chi connectivity index (χ2n) is 7.93. The molecule has 1 heterocycles. The lowest BCUT2D eigenvalue weighted by Gasteiger charge is -2.23. The normalized spacial score (nSPS) is 10.5. The quantitative estimate of drug-likeness (QED) is 0.438. The second kappa shape index (κ2) is 12.6. The Morgan fingerprint density at radius 2 is 1.77 bits per heavy atom. The Hall–Kier alpha value is -3.78. The average molecular weight is 497 g/mol. The first-order chi connectivity index (χ1) is 16.8. The molecule has 2 aromatic carbocycles. The fraction of sp³-hybridized carbons (Fsp3) is 0.231. The van der Waals surface area contributed by atoms with E-state index in [-0.39, 0.29) is 41.9 Å². The maximum absolute atomic E-state index is 13.7. The van der Waals surface area contributed by atoms with Crippen molar-refractivity contribution in [2.45, 2.75) is 26.2 Å². The van der Waals surface area contributed by atoms with Crippen molar-refractivity contribution in [3.05, 3.63) is 88.8 Å². The number of amides is 3. The molecule has 0 aliphatic rings. The predicted molar refractivity (Wildman–Crippen MR) is 134 cm³/mol. The molecule has 1 aromatic heterocycles. The molecule has 2 N–H and O–H groups in total. The molecule has 9 heteroatoms. The standard InChI is InChI=1S/C26H26ClFN4O3/c1-18-11-13-29-23(15-18)31-24(33)9-10-26(35)32(20-7-8-22(28)21(27)16-20)17-25(34)30-14-12-19-5-3-2-4-6-19/h2-8,11,13,15-16H,9-10,12,14,17H2,1H3,(H,30,34)(H,29,31,33). The van der Waals surface area contributed by atoms with E-state index in [9.17, 15) is 18.8 Å². The highest BCUT2D eigenvalue weighted by atomic mass is 35.5. The van der Waals surface area contributed by atoms with Crippen LogP contribution in [0.2, 0.25) is 5.02 Å². The van der Waals surface area contributed by atoms with Crippen LogP contribution in [0.5, 0.6) is 0 Å². The summed E-state index contributed by atoms with van der Waals surface area (Å²) in [6.07, 6.45) is 1.93. The number of aryl methyl sites for hydroxylation is 1. The van der Waals surface area contributed by atoms with Crippen molar-refractivity contribution in [2.75, 3.05) is 23.3 Å². The Balaban J connectivity index is 1.62. The molecular formula is C26H26ClFN4O3. The number of carbonyl (C=O) groups excluding carboxylic acids is 3. The highest BCUT2D eigenvalue weighted by Crippen LogP contribution is 2.23. The molecule has 35 heavy (non-hydrogen) atoms. The minimum Gasteiger partial charge on any atom is -0.354 e. The van der Waals surface area contributed by atoms with Crippen molar-refractivity contribution in [1.29, 1.82) is 0 Å². The van der Waals surface area contributed by atoms with E-state index >= 15 is 0 Å². The zero-order chi connectivity index (χ0) is 25.2. The summed E-state index contributed by atoms with van der Waals surface area (Å²) in [7, 11) is 0. The fourth-order valence-corrected chi connectivity index (χ4v) is 3.51. The minimum absolute atomic E-state index is 0.116. The number of pyridine rings is 1. The first kappa shape index (κ1) is 25.8. The number of rotatable bonds is 10. The molecule has 0 saturated carbocycles. The van der Waals surface area contributed by atoms with Crippen LogP contribution in [0.4, 0.5) is 15.9 Å². The van der Waals surface area contributed by atoms with Gasteiger partial charge in [0.2, 0.25) is 17.7 Å². The van der Waals surface area contributed by atoms with Gasteiger partial charge in [0.05, 0.1) is 5.02 Å². The molecular weight excluding hydrogens is 471 g/mol. The largest absolute Gasteiger partial charge is 0.354 e. The van der Waals surface area contributed by atoms with Crippen molar-refractivity contribution in [2.24, 2.45) is 0 Å². The molecule has 0 radical (unpaired) electrons. The SMILES string of the molecule is Cc1ccnc(NC(=O)CCC(=O)N(CC(=O)NCCc2ccccc2)c2ccc(F)c(Cl)c2)c1. The molecule has 0 bridgehead atoms. The highest BCUT2D eigenvalue weighted by molar-refractivity contribution is 6.31. The molecule has 0 aliphatic heterocycles. The van der Waals surface area contributed by atoms with Crippen LogP contribution in [0.25, 0.3) is 0 Å². The summed E-state index contributed by atoms with van der Waals surface area (Å²) >= 11 is 5.90. The molecule has 7 nitrogen and oxygen atoms in total.